The highest BCUT2D eigenvalue weighted by molar-refractivity contribution is 5.89. The summed E-state index contributed by atoms with van der Waals surface area (Å²) in [6.07, 6.45) is 0.864. The quantitative estimate of drug-likeness (QED) is 0.695. The van der Waals surface area contributed by atoms with Crippen LogP contribution in [-0.4, -0.2) is 6.29 Å². The predicted octanol–water partition coefficient (Wildman–Crippen LogP) is 4.40. The van der Waals surface area contributed by atoms with Gasteiger partial charge in [0.15, 0.2) is 6.29 Å². The van der Waals surface area contributed by atoms with Gasteiger partial charge in [-0.15, -0.1) is 0 Å². The van der Waals surface area contributed by atoms with Gasteiger partial charge in [-0.05, 0) is 35.0 Å². The smallest absolute Gasteiger partial charge is 0.152 e. The first kappa shape index (κ1) is 11.5. The lowest BCUT2D eigenvalue weighted by molar-refractivity contribution is 0.112. The summed E-state index contributed by atoms with van der Waals surface area (Å²) in [5.41, 5.74) is 2.47. The van der Waals surface area contributed by atoms with Gasteiger partial charge in [0.05, 0.1) is 0 Å². The van der Waals surface area contributed by atoms with Crippen LogP contribution >= 0.6 is 0 Å². The first-order valence-corrected chi connectivity index (χ1v) is 6.17. The maximum absolute atomic E-state index is 11.0. The monoisotopic (exact) mass is 247 g/mol. The first-order valence-electron chi connectivity index (χ1n) is 6.17. The number of anilines is 2. The molecule has 19 heavy (non-hydrogen) atoms. The third-order valence-corrected chi connectivity index (χ3v) is 3.12. The van der Waals surface area contributed by atoms with E-state index < -0.39 is 0 Å². The van der Waals surface area contributed by atoms with Crippen molar-refractivity contribution >= 4 is 28.4 Å². The molecule has 0 aromatic heterocycles. The van der Waals surface area contributed by atoms with E-state index in [0.29, 0.717) is 5.56 Å². The molecule has 3 aromatic carbocycles. The number of carbonyl (C=O) groups excluding carboxylic acids is 1. The zero-order valence-corrected chi connectivity index (χ0v) is 10.3. The molecule has 0 spiro atoms. The number of benzene rings is 3. The molecule has 2 heteroatoms. The molecule has 0 saturated carbocycles. The molecule has 0 unspecified atom stereocenters. The topological polar surface area (TPSA) is 29.1 Å². The third-order valence-electron chi connectivity index (χ3n) is 3.12. The van der Waals surface area contributed by atoms with Gasteiger partial charge >= 0.3 is 0 Å². The number of carbonyl (C=O) groups is 1. The fourth-order valence-corrected chi connectivity index (χ4v) is 2.14. The van der Waals surface area contributed by atoms with Gasteiger partial charge < -0.3 is 5.32 Å². The highest BCUT2D eigenvalue weighted by Gasteiger charge is 2.01. The van der Waals surface area contributed by atoms with E-state index in [-0.39, 0.29) is 0 Å². The van der Waals surface area contributed by atoms with E-state index >= 15 is 0 Å². The van der Waals surface area contributed by atoms with Gasteiger partial charge in [-0.2, -0.15) is 0 Å². The fraction of sp³-hybridized carbons (Fsp3) is 0. The van der Waals surface area contributed by atoms with Gasteiger partial charge in [-0.1, -0.05) is 42.5 Å². The minimum absolute atomic E-state index is 0.663. The van der Waals surface area contributed by atoms with Crippen LogP contribution in [0.5, 0.6) is 0 Å². The molecule has 0 bridgehead atoms. The van der Waals surface area contributed by atoms with Crippen LogP contribution in [0.3, 0.4) is 0 Å². The second-order valence-electron chi connectivity index (χ2n) is 4.39. The molecule has 0 radical (unpaired) electrons. The summed E-state index contributed by atoms with van der Waals surface area (Å²) in [4.78, 5) is 11.0. The van der Waals surface area contributed by atoms with Crippen LogP contribution in [0.2, 0.25) is 0 Å². The SMILES string of the molecule is O=Cc1ccccc1Nc1ccc2ccccc2c1. The van der Waals surface area contributed by atoms with Gasteiger partial charge in [0, 0.05) is 16.9 Å². The van der Waals surface area contributed by atoms with E-state index in [1.165, 1.54) is 10.8 Å². The van der Waals surface area contributed by atoms with Gasteiger partial charge in [0.25, 0.3) is 0 Å². The normalized spacial score (nSPS) is 10.3. The third kappa shape index (κ3) is 2.33. The molecular weight excluding hydrogens is 234 g/mol. The van der Waals surface area contributed by atoms with Crippen LogP contribution in [0, 0.1) is 0 Å². The van der Waals surface area contributed by atoms with E-state index in [1.807, 2.05) is 36.4 Å². The largest absolute Gasteiger partial charge is 0.355 e. The van der Waals surface area contributed by atoms with Gasteiger partial charge in [-0.25, -0.2) is 0 Å². The van der Waals surface area contributed by atoms with Crippen molar-refractivity contribution in [2.75, 3.05) is 5.32 Å². The number of para-hydroxylation sites is 1. The fourth-order valence-electron chi connectivity index (χ4n) is 2.14. The highest BCUT2D eigenvalue weighted by Crippen LogP contribution is 2.23. The molecule has 1 N–H and O–H groups in total. The maximum atomic E-state index is 11.0. The van der Waals surface area contributed by atoms with Crippen LogP contribution in [0.15, 0.2) is 66.7 Å². The molecule has 2 nitrogen and oxygen atoms in total. The zero-order valence-electron chi connectivity index (χ0n) is 10.3. The van der Waals surface area contributed by atoms with Gasteiger partial charge in [0.2, 0.25) is 0 Å². The Bertz CT molecular complexity index is 734. The minimum atomic E-state index is 0.663. The number of fused-ring (bicyclic) bond motifs is 1. The Labute approximate surface area is 111 Å². The van der Waals surface area contributed by atoms with Crippen molar-refractivity contribution in [2.24, 2.45) is 0 Å². The van der Waals surface area contributed by atoms with E-state index in [1.54, 1.807) is 6.07 Å². The van der Waals surface area contributed by atoms with E-state index in [2.05, 4.69) is 29.6 Å². The molecular formula is C17H13NO. The lowest BCUT2D eigenvalue weighted by Crippen LogP contribution is -1.94. The molecule has 3 aromatic rings. The molecule has 0 aliphatic heterocycles. The standard InChI is InChI=1S/C17H13NO/c19-12-15-7-3-4-8-17(15)18-16-10-9-13-5-1-2-6-14(13)11-16/h1-12,18H. The van der Waals surface area contributed by atoms with Crippen LogP contribution in [0.25, 0.3) is 10.8 Å². The van der Waals surface area contributed by atoms with Crippen molar-refractivity contribution in [1.82, 2.24) is 0 Å². The summed E-state index contributed by atoms with van der Waals surface area (Å²) < 4.78 is 0. The lowest BCUT2D eigenvalue weighted by Gasteiger charge is -2.09. The van der Waals surface area contributed by atoms with Crippen molar-refractivity contribution in [3.63, 3.8) is 0 Å². The number of hydrogen-bond donors (Lipinski definition) is 1. The molecule has 3 rings (SSSR count). The van der Waals surface area contributed by atoms with Crippen LogP contribution in [-0.2, 0) is 0 Å². The maximum Gasteiger partial charge on any atom is 0.152 e. The molecule has 0 fully saturated rings. The van der Waals surface area contributed by atoms with Crippen molar-refractivity contribution in [1.29, 1.82) is 0 Å². The Morgan fingerprint density at radius 1 is 0.789 bits per heavy atom. The van der Waals surface area contributed by atoms with Crippen LogP contribution in [0.1, 0.15) is 10.4 Å². The van der Waals surface area contributed by atoms with Gasteiger partial charge in [0.1, 0.15) is 0 Å². The van der Waals surface area contributed by atoms with E-state index in [9.17, 15) is 4.79 Å². The Kier molecular flexibility index (Phi) is 2.99. The van der Waals surface area contributed by atoms with Crippen molar-refractivity contribution in [3.8, 4) is 0 Å². The second kappa shape index (κ2) is 4.94. The summed E-state index contributed by atoms with van der Waals surface area (Å²) >= 11 is 0. The Hall–Kier alpha value is -2.61. The average Bonchev–Trinajstić information content (AvgIpc) is 2.48. The van der Waals surface area contributed by atoms with E-state index in [4.69, 9.17) is 0 Å². The molecule has 0 saturated heterocycles. The van der Waals surface area contributed by atoms with E-state index in [0.717, 1.165) is 17.7 Å². The molecule has 0 aliphatic carbocycles. The Morgan fingerprint density at radius 3 is 2.37 bits per heavy atom. The molecule has 92 valence electrons. The number of nitrogens with one attached hydrogen (secondary N) is 1. The van der Waals surface area contributed by atoms with Crippen LogP contribution in [0.4, 0.5) is 11.4 Å². The molecule has 0 aliphatic rings. The van der Waals surface area contributed by atoms with Crippen molar-refractivity contribution in [3.05, 3.63) is 72.3 Å². The average molecular weight is 247 g/mol. The van der Waals surface area contributed by atoms with Crippen molar-refractivity contribution < 1.29 is 4.79 Å². The lowest BCUT2D eigenvalue weighted by atomic mass is 10.1. The van der Waals surface area contributed by atoms with Crippen LogP contribution < -0.4 is 5.32 Å². The van der Waals surface area contributed by atoms with Gasteiger partial charge in [-0.3, -0.25) is 4.79 Å². The Morgan fingerprint density at radius 2 is 1.53 bits per heavy atom. The van der Waals surface area contributed by atoms with Crippen molar-refractivity contribution in [2.45, 2.75) is 0 Å². The summed E-state index contributed by atoms with van der Waals surface area (Å²) in [7, 11) is 0. The Balaban J connectivity index is 1.99. The zero-order chi connectivity index (χ0) is 13.1. The molecule has 0 heterocycles. The number of aldehydes is 1. The predicted molar refractivity (Wildman–Crippen MR) is 79.1 cm³/mol. The summed E-state index contributed by atoms with van der Waals surface area (Å²) in [5.74, 6) is 0. The minimum Gasteiger partial charge on any atom is -0.355 e. The molecule has 0 amide bonds. The number of hydrogen-bond acceptors (Lipinski definition) is 2. The summed E-state index contributed by atoms with van der Waals surface area (Å²) in [6.45, 7) is 0. The summed E-state index contributed by atoms with van der Waals surface area (Å²) in [5, 5.41) is 5.67. The number of rotatable bonds is 3. The highest BCUT2D eigenvalue weighted by atomic mass is 16.1. The summed E-state index contributed by atoms with van der Waals surface area (Å²) in [6, 6.07) is 21.8. The first-order chi connectivity index (χ1) is 9.36. The molecule has 0 atom stereocenters. The second-order valence-corrected chi connectivity index (χ2v) is 4.39.